The minimum atomic E-state index is 0. The number of nitrogens with zero attached hydrogens (tertiary/aromatic N) is 6. The van der Waals surface area contributed by atoms with E-state index in [0.717, 1.165) is 85.9 Å². The van der Waals surface area contributed by atoms with E-state index >= 15 is 0 Å². The summed E-state index contributed by atoms with van der Waals surface area (Å²) in [5, 5.41) is 0. The van der Waals surface area contributed by atoms with Gasteiger partial charge in [-0.2, -0.15) is 0 Å². The molecule has 424 valence electrons. The Balaban J connectivity index is 0. The Morgan fingerprint density at radius 1 is 0.329 bits per heavy atom. The van der Waals surface area contributed by atoms with Gasteiger partial charge in [0.2, 0.25) is 0 Å². The Labute approximate surface area is 444 Å². The van der Waals surface area contributed by atoms with Crippen LogP contribution in [0.5, 0.6) is 0 Å². The first-order valence-electron chi connectivity index (χ1n) is 30.4. The van der Waals surface area contributed by atoms with Crippen molar-refractivity contribution in [2.24, 2.45) is 41.4 Å². The molecule has 7 nitrogen and oxygen atoms in total. The summed E-state index contributed by atoms with van der Waals surface area (Å²) in [5.74, 6) is 6.84. The third kappa shape index (κ3) is 34.3. The average Bonchev–Trinajstić information content (AvgIpc) is 3.36. The number of likely N-dealkylation sites (N-methyl/N-ethyl adjacent to an activating group) is 1. The summed E-state index contributed by atoms with van der Waals surface area (Å²) >= 11 is 0. The molecule has 2 saturated carbocycles. The number of hydrogen-bond donors (Lipinski definition) is 0. The van der Waals surface area contributed by atoms with Crippen LogP contribution in [0.4, 0.5) is 0 Å². The second-order valence-corrected chi connectivity index (χ2v) is 24.6. The van der Waals surface area contributed by atoms with Gasteiger partial charge < -0.3 is 24.3 Å². The molecule has 7 fully saturated rings. The molecule has 0 N–H and O–H groups in total. The van der Waals surface area contributed by atoms with Crippen LogP contribution in [0.15, 0.2) is 0 Å². The van der Waals surface area contributed by atoms with Crippen molar-refractivity contribution in [2.45, 2.75) is 266 Å². The van der Waals surface area contributed by atoms with E-state index in [0.29, 0.717) is 6.04 Å². The molecule has 7 rings (SSSR count). The first-order valence-corrected chi connectivity index (χ1v) is 30.4. The summed E-state index contributed by atoms with van der Waals surface area (Å²) in [7, 11) is 0. The van der Waals surface area contributed by atoms with Gasteiger partial charge in [0, 0.05) is 63.4 Å². The molecule has 5 saturated heterocycles. The molecule has 0 spiro atoms. The molecule has 0 unspecified atom stereocenters. The molecule has 0 aromatic heterocycles. The fraction of sp³-hybridized carbons (Fsp3) is 1.00. The first kappa shape index (κ1) is 71.8. The summed E-state index contributed by atoms with van der Waals surface area (Å²) in [6.45, 7) is 58.6. The molecule has 5 aliphatic heterocycles. The van der Waals surface area contributed by atoms with Gasteiger partial charge >= 0.3 is 0 Å². The fourth-order valence-electron chi connectivity index (χ4n) is 11.2. The van der Waals surface area contributed by atoms with Gasteiger partial charge in [-0.3, -0.25) is 9.80 Å². The van der Waals surface area contributed by atoms with Crippen molar-refractivity contribution in [1.82, 2.24) is 29.4 Å². The molecular weight excluding hydrogens is 857 g/mol. The summed E-state index contributed by atoms with van der Waals surface area (Å²) < 4.78 is 5.21. The van der Waals surface area contributed by atoms with E-state index in [9.17, 15) is 0 Å². The maximum Gasteiger partial charge on any atom is 0.0594 e. The number of hydrogen-bond acceptors (Lipinski definition) is 7. The lowest BCUT2D eigenvalue weighted by Gasteiger charge is -2.36. The van der Waals surface area contributed by atoms with E-state index in [4.69, 9.17) is 4.74 Å². The van der Waals surface area contributed by atoms with E-state index in [2.05, 4.69) is 147 Å². The molecule has 0 radical (unpaired) electrons. The van der Waals surface area contributed by atoms with Gasteiger partial charge in [0.05, 0.1) is 13.2 Å². The zero-order chi connectivity index (χ0) is 50.9. The van der Waals surface area contributed by atoms with Crippen LogP contribution in [0, 0.1) is 41.4 Å². The maximum atomic E-state index is 5.21. The number of piperazine rings is 1. The van der Waals surface area contributed by atoms with E-state index in [1.165, 1.54) is 188 Å². The number of likely N-dealkylation sites (tertiary alicyclic amines) is 3. The third-order valence-corrected chi connectivity index (χ3v) is 17.2. The van der Waals surface area contributed by atoms with Gasteiger partial charge in [0.15, 0.2) is 0 Å². The molecule has 0 amide bonds. The summed E-state index contributed by atoms with van der Waals surface area (Å²) in [6.07, 6.45) is 24.8. The minimum Gasteiger partial charge on any atom is -0.379 e. The van der Waals surface area contributed by atoms with Crippen LogP contribution in [0.1, 0.15) is 242 Å². The van der Waals surface area contributed by atoms with Crippen LogP contribution < -0.4 is 0 Å². The van der Waals surface area contributed by atoms with Crippen molar-refractivity contribution >= 4 is 0 Å². The normalized spacial score (nSPS) is 22.5. The van der Waals surface area contributed by atoms with Crippen LogP contribution in [-0.4, -0.2) is 158 Å². The lowest BCUT2D eigenvalue weighted by atomic mass is 9.82. The van der Waals surface area contributed by atoms with Gasteiger partial charge in [0.1, 0.15) is 0 Å². The van der Waals surface area contributed by atoms with Crippen molar-refractivity contribution < 1.29 is 4.74 Å². The Morgan fingerprint density at radius 3 is 0.929 bits per heavy atom. The zero-order valence-electron chi connectivity index (χ0n) is 49.8. The SMILES string of the molecule is C.C.CC(C)C1CCCCC1.CC(C)C1CCCCC1.CC(C)N1CCCCC1.CC(C)N1CCOCC1.CC1CCN(C(C)C)CC1.CCN1CCC(C(C)C)CC1.CCN1CCN(C(C)C)CC1. The fourth-order valence-corrected chi connectivity index (χ4v) is 11.2. The van der Waals surface area contributed by atoms with Crippen LogP contribution in [0.25, 0.3) is 0 Å². The monoisotopic (exact) mass is 993 g/mol. The topological polar surface area (TPSA) is 28.7 Å². The maximum absolute atomic E-state index is 5.21. The predicted octanol–water partition coefficient (Wildman–Crippen LogP) is 15.9. The van der Waals surface area contributed by atoms with Crippen molar-refractivity contribution in [2.75, 3.05) is 105 Å². The Morgan fingerprint density at radius 2 is 0.629 bits per heavy atom. The number of piperidine rings is 3. The van der Waals surface area contributed by atoms with Gasteiger partial charge in [-0.05, 0) is 188 Å². The first-order chi connectivity index (χ1) is 32.4. The highest BCUT2D eigenvalue weighted by Crippen LogP contribution is 2.30. The highest BCUT2D eigenvalue weighted by Gasteiger charge is 2.21. The van der Waals surface area contributed by atoms with E-state index < -0.39 is 0 Å². The largest absolute Gasteiger partial charge is 0.379 e. The third-order valence-electron chi connectivity index (χ3n) is 17.2. The summed E-state index contributed by atoms with van der Waals surface area (Å²) in [4.78, 5) is 15.2. The standard InChI is InChI=1S/C10H21N.C9H20N2.C9H19N.2C9H18.C8H17N.C7H15NO.2CH4/c1-4-11-7-5-10(6-8-11)9(2)3;1-4-10-5-7-11(8-6-10)9(2)3;1-8(2)10-6-4-9(3)5-7-10;3*1-8(2)9-6-4-3-5-7-9;1-7(2)8-3-5-9-6-4-8;;/h9-10H,4-8H2,1-3H3;9H,4-8H2,1-3H3;8-9H,4-7H2,1-3H3;2*8-9H,3-7H2,1-2H3;8H,3-7H2,1-2H3;7H,3-6H2,1-2H3;2*1H4. The van der Waals surface area contributed by atoms with Gasteiger partial charge in [0.25, 0.3) is 0 Å². The predicted molar refractivity (Wildman–Crippen MR) is 318 cm³/mol. The quantitative estimate of drug-likeness (QED) is 0.227. The van der Waals surface area contributed by atoms with Crippen molar-refractivity contribution in [1.29, 1.82) is 0 Å². The van der Waals surface area contributed by atoms with Gasteiger partial charge in [-0.25, -0.2) is 0 Å². The molecule has 2 aliphatic carbocycles. The zero-order valence-corrected chi connectivity index (χ0v) is 49.8. The Kier molecular flexibility index (Phi) is 45.0. The molecule has 70 heavy (non-hydrogen) atoms. The van der Waals surface area contributed by atoms with Crippen LogP contribution in [0.3, 0.4) is 0 Å². The average molecular weight is 994 g/mol. The van der Waals surface area contributed by atoms with Gasteiger partial charge in [-0.1, -0.05) is 148 Å². The molecule has 0 bridgehead atoms. The molecule has 0 atom stereocenters. The van der Waals surface area contributed by atoms with E-state index in [1.807, 2.05) is 0 Å². The Hall–Kier alpha value is -0.280. The van der Waals surface area contributed by atoms with Crippen LogP contribution >= 0.6 is 0 Å². The molecule has 0 aromatic carbocycles. The lowest BCUT2D eigenvalue weighted by Crippen LogP contribution is -2.48. The van der Waals surface area contributed by atoms with Crippen LogP contribution in [-0.2, 0) is 4.74 Å². The Bertz CT molecular complexity index is 949. The van der Waals surface area contributed by atoms with Crippen LogP contribution in [0.2, 0.25) is 0 Å². The van der Waals surface area contributed by atoms with Gasteiger partial charge in [-0.15, -0.1) is 0 Å². The van der Waals surface area contributed by atoms with Crippen molar-refractivity contribution in [3.05, 3.63) is 0 Å². The highest BCUT2D eigenvalue weighted by molar-refractivity contribution is 4.75. The number of ether oxygens (including phenoxy) is 1. The van der Waals surface area contributed by atoms with E-state index in [-0.39, 0.29) is 14.9 Å². The van der Waals surface area contributed by atoms with Crippen molar-refractivity contribution in [3.8, 4) is 0 Å². The van der Waals surface area contributed by atoms with E-state index in [1.54, 1.807) is 0 Å². The molecule has 7 aliphatic rings. The molecule has 0 aromatic rings. The summed E-state index contributed by atoms with van der Waals surface area (Å²) in [5.41, 5.74) is 0. The molecule has 7 heteroatoms. The smallest absolute Gasteiger partial charge is 0.0594 e. The highest BCUT2D eigenvalue weighted by atomic mass is 16.5. The molecule has 5 heterocycles. The summed E-state index contributed by atoms with van der Waals surface area (Å²) in [6, 6.07) is 2.95. The molecular formula is C63H136N6O. The minimum absolute atomic E-state index is 0. The second kappa shape index (κ2) is 43.9. The number of morpholine rings is 1. The second-order valence-electron chi connectivity index (χ2n) is 24.6. The number of rotatable bonds is 9. The van der Waals surface area contributed by atoms with Crippen molar-refractivity contribution in [3.63, 3.8) is 0 Å². The lowest BCUT2D eigenvalue weighted by molar-refractivity contribution is 0.0238.